The van der Waals surface area contributed by atoms with Gasteiger partial charge in [0.2, 0.25) is 0 Å². The Bertz CT molecular complexity index is 1230. The minimum absolute atomic E-state index is 0.0668. The van der Waals surface area contributed by atoms with Gasteiger partial charge < -0.3 is 15.4 Å². The number of benzene rings is 2. The van der Waals surface area contributed by atoms with E-state index in [1.807, 2.05) is 0 Å². The van der Waals surface area contributed by atoms with E-state index in [0.717, 1.165) is 23.0 Å². The lowest BCUT2D eigenvalue weighted by Crippen LogP contribution is -2.27. The second kappa shape index (κ2) is 9.16. The fraction of sp³-hybridized carbons (Fsp3) is 0.261. The van der Waals surface area contributed by atoms with Gasteiger partial charge in [0, 0.05) is 5.69 Å². The summed E-state index contributed by atoms with van der Waals surface area (Å²) in [7, 11) is 0. The zero-order valence-electron chi connectivity index (χ0n) is 18.7. The van der Waals surface area contributed by atoms with E-state index >= 15 is 0 Å². The Balaban J connectivity index is 1.90. The van der Waals surface area contributed by atoms with Gasteiger partial charge in [-0.2, -0.15) is 23.0 Å². The molecule has 0 atom stereocenters. The summed E-state index contributed by atoms with van der Waals surface area (Å²) < 4.78 is 59.3. The first-order chi connectivity index (χ1) is 15.7. The Morgan fingerprint density at radius 1 is 1.03 bits per heavy atom. The molecule has 0 fully saturated rings. The van der Waals surface area contributed by atoms with E-state index in [4.69, 9.17) is 4.74 Å². The molecule has 0 saturated carbocycles. The van der Waals surface area contributed by atoms with Crippen LogP contribution >= 0.6 is 0 Å². The molecule has 0 aliphatic carbocycles. The minimum Gasteiger partial charge on any atom is -0.442 e. The van der Waals surface area contributed by atoms with Crippen LogP contribution in [0.4, 0.5) is 39.4 Å². The maximum absolute atomic E-state index is 13.4. The van der Waals surface area contributed by atoms with Crippen molar-refractivity contribution >= 4 is 29.1 Å². The number of nitrogens with one attached hydrogen (secondary N) is 2. The number of aromatic nitrogens is 2. The van der Waals surface area contributed by atoms with Gasteiger partial charge in [0.1, 0.15) is 11.4 Å². The molecule has 3 aromatic rings. The highest BCUT2D eigenvalue weighted by atomic mass is 19.4. The number of carbonyl (C=O) groups excluding carboxylic acids is 2. The monoisotopic (exact) mass is 478 g/mol. The summed E-state index contributed by atoms with van der Waals surface area (Å²) in [6, 6.07) is 6.49. The molecule has 1 heterocycles. The average molecular weight is 478 g/mol. The van der Waals surface area contributed by atoms with Gasteiger partial charge in [-0.1, -0.05) is 0 Å². The van der Waals surface area contributed by atoms with E-state index in [1.165, 1.54) is 24.4 Å². The van der Waals surface area contributed by atoms with E-state index in [0.29, 0.717) is 17.3 Å². The molecule has 2 N–H and O–H groups in total. The molecule has 0 bridgehead atoms. The number of aryl methyl sites for hydroxylation is 1. The number of carbonyl (C=O) groups is 2. The third-order valence-corrected chi connectivity index (χ3v) is 4.47. The molecular formula is C23H22F4N4O3. The Hall–Kier alpha value is -3.89. The summed E-state index contributed by atoms with van der Waals surface area (Å²) in [6.07, 6.45) is -3.13. The van der Waals surface area contributed by atoms with Crippen molar-refractivity contribution in [1.82, 2.24) is 9.78 Å². The van der Waals surface area contributed by atoms with E-state index in [2.05, 4.69) is 15.7 Å². The largest absolute Gasteiger partial charge is 0.442 e. The SMILES string of the molecule is Cc1cc(F)ccc1Nc1ccc(C(F)(F)F)cc1C(=O)Nc1cnn(C(=O)OC(C)(C)C)c1. The standard InChI is InChI=1S/C23H22F4N4O3/c1-13-9-15(24)6-8-18(13)30-19-7-5-14(23(25,26)27)10-17(19)20(32)29-16-11-28-31(12-16)21(33)34-22(2,3)4/h5-12,30H,1-4H3,(H,29,32). The number of amides is 1. The van der Waals surface area contributed by atoms with Crippen LogP contribution in [0.15, 0.2) is 48.8 Å². The van der Waals surface area contributed by atoms with Crippen LogP contribution in [0.2, 0.25) is 0 Å². The highest BCUT2D eigenvalue weighted by Gasteiger charge is 2.32. The fourth-order valence-corrected chi connectivity index (χ4v) is 2.92. The van der Waals surface area contributed by atoms with Crippen LogP contribution in [-0.4, -0.2) is 27.4 Å². The molecule has 7 nitrogen and oxygen atoms in total. The van der Waals surface area contributed by atoms with Gasteiger partial charge in [-0.3, -0.25) is 4.79 Å². The van der Waals surface area contributed by atoms with E-state index in [9.17, 15) is 27.2 Å². The number of hydrogen-bond donors (Lipinski definition) is 2. The number of rotatable bonds is 4. The number of anilines is 3. The van der Waals surface area contributed by atoms with Crippen LogP contribution in [0.3, 0.4) is 0 Å². The lowest BCUT2D eigenvalue weighted by atomic mass is 10.1. The van der Waals surface area contributed by atoms with Crippen LogP contribution in [0.5, 0.6) is 0 Å². The first kappa shape index (κ1) is 24.7. The highest BCUT2D eigenvalue weighted by Crippen LogP contribution is 2.33. The molecule has 1 amide bonds. The van der Waals surface area contributed by atoms with Gasteiger partial charge >= 0.3 is 12.3 Å². The Kier molecular flexibility index (Phi) is 6.67. The zero-order chi connectivity index (χ0) is 25.3. The summed E-state index contributed by atoms with van der Waals surface area (Å²) in [5, 5.41) is 9.11. The van der Waals surface area contributed by atoms with Crippen molar-refractivity contribution in [1.29, 1.82) is 0 Å². The Labute approximate surface area is 192 Å². The molecular weight excluding hydrogens is 456 g/mol. The second-order valence-corrected chi connectivity index (χ2v) is 8.45. The molecule has 34 heavy (non-hydrogen) atoms. The normalized spacial score (nSPS) is 11.8. The molecule has 0 radical (unpaired) electrons. The quantitative estimate of drug-likeness (QED) is 0.441. The molecule has 0 aliphatic rings. The third-order valence-electron chi connectivity index (χ3n) is 4.47. The first-order valence-electron chi connectivity index (χ1n) is 10.1. The van der Waals surface area contributed by atoms with Crippen LogP contribution < -0.4 is 10.6 Å². The van der Waals surface area contributed by atoms with E-state index < -0.39 is 35.2 Å². The lowest BCUT2D eigenvalue weighted by Gasteiger charge is -2.18. The number of hydrogen-bond acceptors (Lipinski definition) is 5. The second-order valence-electron chi connectivity index (χ2n) is 8.45. The van der Waals surface area contributed by atoms with Crippen molar-refractivity contribution in [3.05, 3.63) is 71.3 Å². The van der Waals surface area contributed by atoms with Gasteiger partial charge in [0.25, 0.3) is 5.91 Å². The number of halogens is 4. The summed E-state index contributed by atoms with van der Waals surface area (Å²) in [5.74, 6) is -1.35. The van der Waals surface area contributed by atoms with Crippen LogP contribution in [0.25, 0.3) is 0 Å². The molecule has 3 rings (SSSR count). The average Bonchev–Trinajstić information content (AvgIpc) is 3.17. The molecule has 1 aromatic heterocycles. The van der Waals surface area contributed by atoms with Gasteiger partial charge in [-0.05, 0) is 69.7 Å². The summed E-state index contributed by atoms with van der Waals surface area (Å²) >= 11 is 0. The van der Waals surface area contributed by atoms with Gasteiger partial charge in [0.05, 0.1) is 34.9 Å². The van der Waals surface area contributed by atoms with Crippen molar-refractivity contribution in [2.45, 2.75) is 39.5 Å². The van der Waals surface area contributed by atoms with E-state index in [-0.39, 0.29) is 16.9 Å². The molecule has 0 saturated heterocycles. The minimum atomic E-state index is -4.68. The van der Waals surface area contributed by atoms with Gasteiger partial charge in [0.15, 0.2) is 0 Å². The summed E-state index contributed by atoms with van der Waals surface area (Å²) in [4.78, 5) is 25.0. The lowest BCUT2D eigenvalue weighted by molar-refractivity contribution is -0.137. The molecule has 0 spiro atoms. The number of ether oxygens (including phenoxy) is 1. The van der Waals surface area contributed by atoms with Gasteiger partial charge in [-0.25, -0.2) is 9.18 Å². The fourth-order valence-electron chi connectivity index (χ4n) is 2.92. The molecule has 11 heteroatoms. The van der Waals surface area contributed by atoms with Crippen LogP contribution in [0.1, 0.15) is 42.3 Å². The smallest absolute Gasteiger partial charge is 0.435 e. The molecule has 0 unspecified atom stereocenters. The van der Waals surface area contributed by atoms with Crippen LogP contribution in [-0.2, 0) is 10.9 Å². The van der Waals surface area contributed by atoms with Crippen molar-refractivity contribution in [3.8, 4) is 0 Å². The zero-order valence-corrected chi connectivity index (χ0v) is 18.7. The molecule has 180 valence electrons. The Morgan fingerprint density at radius 2 is 1.71 bits per heavy atom. The molecule has 0 aliphatic heterocycles. The summed E-state index contributed by atoms with van der Waals surface area (Å²) in [5.41, 5.74) is -1.08. The topological polar surface area (TPSA) is 85.3 Å². The predicted octanol–water partition coefficient (Wildman–Crippen LogP) is 6.13. The van der Waals surface area contributed by atoms with Crippen molar-refractivity contribution < 1.29 is 31.9 Å². The van der Waals surface area contributed by atoms with Crippen molar-refractivity contribution in [2.24, 2.45) is 0 Å². The van der Waals surface area contributed by atoms with Crippen LogP contribution in [0, 0.1) is 12.7 Å². The number of alkyl halides is 3. The maximum atomic E-state index is 13.4. The first-order valence-corrected chi connectivity index (χ1v) is 10.1. The van der Waals surface area contributed by atoms with Gasteiger partial charge in [-0.15, -0.1) is 0 Å². The number of nitrogens with zero attached hydrogens (tertiary/aromatic N) is 2. The maximum Gasteiger partial charge on any atom is 0.435 e. The Morgan fingerprint density at radius 3 is 2.32 bits per heavy atom. The predicted molar refractivity (Wildman–Crippen MR) is 118 cm³/mol. The highest BCUT2D eigenvalue weighted by molar-refractivity contribution is 6.08. The van der Waals surface area contributed by atoms with Crippen molar-refractivity contribution in [2.75, 3.05) is 10.6 Å². The molecule has 2 aromatic carbocycles. The van der Waals surface area contributed by atoms with Crippen molar-refractivity contribution in [3.63, 3.8) is 0 Å². The van der Waals surface area contributed by atoms with E-state index in [1.54, 1.807) is 27.7 Å². The summed E-state index contributed by atoms with van der Waals surface area (Å²) in [6.45, 7) is 6.62. The third kappa shape index (κ3) is 6.12.